The Morgan fingerprint density at radius 3 is 2.71 bits per heavy atom. The van der Waals surface area contributed by atoms with Crippen LogP contribution in [0.3, 0.4) is 0 Å². The SMILES string of the molecule is CCCNC(CCN(C)C1CCSC1)c1ccc(C)cc1. The van der Waals surface area contributed by atoms with Crippen molar-refractivity contribution in [3.63, 3.8) is 0 Å². The minimum Gasteiger partial charge on any atom is -0.310 e. The monoisotopic (exact) mass is 306 g/mol. The maximum Gasteiger partial charge on any atom is 0.0332 e. The molecule has 2 unspecified atom stereocenters. The van der Waals surface area contributed by atoms with Gasteiger partial charge >= 0.3 is 0 Å². The molecule has 1 aromatic carbocycles. The van der Waals surface area contributed by atoms with Gasteiger partial charge in [0.15, 0.2) is 0 Å². The predicted octanol–water partition coefficient (Wildman–Crippen LogP) is 3.86. The zero-order valence-electron chi connectivity index (χ0n) is 13.8. The fraction of sp³-hybridized carbons (Fsp3) is 0.667. The van der Waals surface area contributed by atoms with Gasteiger partial charge in [0.1, 0.15) is 0 Å². The summed E-state index contributed by atoms with van der Waals surface area (Å²) < 4.78 is 0. The molecule has 0 radical (unpaired) electrons. The van der Waals surface area contributed by atoms with Crippen LogP contribution in [0.15, 0.2) is 24.3 Å². The topological polar surface area (TPSA) is 15.3 Å². The third kappa shape index (κ3) is 5.32. The number of hydrogen-bond acceptors (Lipinski definition) is 3. The van der Waals surface area contributed by atoms with Gasteiger partial charge < -0.3 is 10.2 Å². The highest BCUT2D eigenvalue weighted by Crippen LogP contribution is 2.23. The van der Waals surface area contributed by atoms with Crippen molar-refractivity contribution in [2.24, 2.45) is 0 Å². The van der Waals surface area contributed by atoms with Gasteiger partial charge in [-0.15, -0.1) is 0 Å². The molecule has 1 fully saturated rings. The van der Waals surface area contributed by atoms with Crippen molar-refractivity contribution in [3.05, 3.63) is 35.4 Å². The molecule has 0 saturated carbocycles. The number of thioether (sulfide) groups is 1. The van der Waals surface area contributed by atoms with E-state index in [2.05, 4.69) is 67.1 Å². The van der Waals surface area contributed by atoms with Crippen LogP contribution < -0.4 is 5.32 Å². The van der Waals surface area contributed by atoms with E-state index in [9.17, 15) is 0 Å². The maximum atomic E-state index is 3.72. The van der Waals surface area contributed by atoms with E-state index >= 15 is 0 Å². The molecule has 0 amide bonds. The minimum atomic E-state index is 0.488. The molecule has 21 heavy (non-hydrogen) atoms. The van der Waals surface area contributed by atoms with Gasteiger partial charge in [0.25, 0.3) is 0 Å². The molecule has 0 spiro atoms. The molecule has 1 aliphatic heterocycles. The summed E-state index contributed by atoms with van der Waals surface area (Å²) in [6, 6.07) is 10.3. The Hall–Kier alpha value is -0.510. The van der Waals surface area contributed by atoms with Crippen molar-refractivity contribution in [1.29, 1.82) is 0 Å². The first kappa shape index (κ1) is 16.9. The molecule has 0 aliphatic carbocycles. The second-order valence-corrected chi connectivity index (χ2v) is 7.35. The number of hydrogen-bond donors (Lipinski definition) is 1. The molecule has 1 aliphatic rings. The van der Waals surface area contributed by atoms with Gasteiger partial charge in [-0.3, -0.25) is 0 Å². The van der Waals surface area contributed by atoms with Gasteiger partial charge in [0, 0.05) is 17.8 Å². The fourth-order valence-corrected chi connectivity index (χ4v) is 4.19. The summed E-state index contributed by atoms with van der Waals surface area (Å²) in [5.41, 5.74) is 2.77. The third-order valence-electron chi connectivity index (χ3n) is 4.42. The standard InChI is InChI=1S/C18H30N2S/c1-4-11-19-18(16-7-5-15(2)6-8-16)9-12-20(3)17-10-13-21-14-17/h5-8,17-19H,4,9-14H2,1-3H3. The van der Waals surface area contributed by atoms with Gasteiger partial charge in [0.05, 0.1) is 0 Å². The maximum absolute atomic E-state index is 3.72. The van der Waals surface area contributed by atoms with Crippen molar-refractivity contribution >= 4 is 11.8 Å². The molecule has 118 valence electrons. The van der Waals surface area contributed by atoms with Gasteiger partial charge in [-0.05, 0) is 57.6 Å². The molecule has 1 aromatic rings. The van der Waals surface area contributed by atoms with E-state index in [1.54, 1.807) is 0 Å². The normalized spacial score (nSPS) is 20.1. The van der Waals surface area contributed by atoms with E-state index < -0.39 is 0 Å². The number of rotatable bonds is 8. The molecular formula is C18H30N2S. The lowest BCUT2D eigenvalue weighted by Crippen LogP contribution is -2.34. The van der Waals surface area contributed by atoms with Crippen LogP contribution in [0.5, 0.6) is 0 Å². The van der Waals surface area contributed by atoms with Crippen LogP contribution >= 0.6 is 11.8 Å². The number of nitrogens with one attached hydrogen (secondary N) is 1. The third-order valence-corrected chi connectivity index (χ3v) is 5.56. The van der Waals surface area contributed by atoms with E-state index in [4.69, 9.17) is 0 Å². The van der Waals surface area contributed by atoms with Crippen molar-refractivity contribution in [2.45, 2.75) is 45.2 Å². The number of benzene rings is 1. The Bertz CT molecular complexity index is 398. The lowest BCUT2D eigenvalue weighted by Gasteiger charge is -2.27. The van der Waals surface area contributed by atoms with Crippen LogP contribution in [0.1, 0.15) is 43.4 Å². The first-order chi connectivity index (χ1) is 10.2. The Labute approximate surface area is 134 Å². The summed E-state index contributed by atoms with van der Waals surface area (Å²) >= 11 is 2.10. The molecule has 1 heterocycles. The van der Waals surface area contributed by atoms with E-state index in [1.165, 1.54) is 48.4 Å². The number of nitrogens with zero attached hydrogens (tertiary/aromatic N) is 1. The summed E-state index contributed by atoms with van der Waals surface area (Å²) in [4.78, 5) is 2.56. The molecule has 0 bridgehead atoms. The van der Waals surface area contributed by atoms with Crippen LogP contribution in [0, 0.1) is 6.92 Å². The Balaban J connectivity index is 1.90. The lowest BCUT2D eigenvalue weighted by molar-refractivity contribution is 0.246. The zero-order valence-corrected chi connectivity index (χ0v) is 14.6. The Morgan fingerprint density at radius 1 is 1.33 bits per heavy atom. The molecular weight excluding hydrogens is 276 g/mol. The first-order valence-electron chi connectivity index (χ1n) is 8.28. The molecule has 0 aromatic heterocycles. The smallest absolute Gasteiger partial charge is 0.0332 e. The van der Waals surface area contributed by atoms with Crippen LogP contribution in [-0.4, -0.2) is 42.6 Å². The van der Waals surface area contributed by atoms with Crippen LogP contribution in [0.25, 0.3) is 0 Å². The van der Waals surface area contributed by atoms with Crippen molar-refractivity contribution < 1.29 is 0 Å². The summed E-state index contributed by atoms with van der Waals surface area (Å²) in [6.45, 7) is 6.67. The van der Waals surface area contributed by atoms with Crippen LogP contribution in [0.2, 0.25) is 0 Å². The highest BCUT2D eigenvalue weighted by molar-refractivity contribution is 7.99. The lowest BCUT2D eigenvalue weighted by atomic mass is 10.0. The molecule has 2 atom stereocenters. The summed E-state index contributed by atoms with van der Waals surface area (Å²) in [5, 5.41) is 3.72. The van der Waals surface area contributed by atoms with Crippen molar-refractivity contribution in [1.82, 2.24) is 10.2 Å². The van der Waals surface area contributed by atoms with Crippen LogP contribution in [0.4, 0.5) is 0 Å². The van der Waals surface area contributed by atoms with E-state index in [0.29, 0.717) is 6.04 Å². The summed E-state index contributed by atoms with van der Waals surface area (Å²) in [5.74, 6) is 2.65. The molecule has 1 N–H and O–H groups in total. The molecule has 2 nitrogen and oxygen atoms in total. The molecule has 2 rings (SSSR count). The highest BCUT2D eigenvalue weighted by Gasteiger charge is 2.21. The quantitative estimate of drug-likeness (QED) is 0.785. The van der Waals surface area contributed by atoms with E-state index in [-0.39, 0.29) is 0 Å². The van der Waals surface area contributed by atoms with E-state index in [1.807, 2.05) is 0 Å². The average molecular weight is 307 g/mol. The largest absolute Gasteiger partial charge is 0.310 e. The van der Waals surface area contributed by atoms with Crippen LogP contribution in [-0.2, 0) is 0 Å². The highest BCUT2D eigenvalue weighted by atomic mass is 32.2. The van der Waals surface area contributed by atoms with Gasteiger partial charge in [-0.1, -0.05) is 36.8 Å². The number of aryl methyl sites for hydroxylation is 1. The van der Waals surface area contributed by atoms with Gasteiger partial charge in [0.2, 0.25) is 0 Å². The first-order valence-corrected chi connectivity index (χ1v) is 9.44. The minimum absolute atomic E-state index is 0.488. The zero-order chi connectivity index (χ0) is 15.1. The second-order valence-electron chi connectivity index (χ2n) is 6.20. The predicted molar refractivity (Wildman–Crippen MR) is 95.2 cm³/mol. The van der Waals surface area contributed by atoms with Crippen molar-refractivity contribution in [2.75, 3.05) is 31.6 Å². The summed E-state index contributed by atoms with van der Waals surface area (Å²) in [6.07, 6.45) is 3.75. The molecule has 3 heteroatoms. The van der Waals surface area contributed by atoms with E-state index in [0.717, 1.165) is 12.6 Å². The second kappa shape index (κ2) is 8.82. The fourth-order valence-electron chi connectivity index (χ4n) is 2.89. The van der Waals surface area contributed by atoms with Crippen molar-refractivity contribution in [3.8, 4) is 0 Å². The summed E-state index contributed by atoms with van der Waals surface area (Å²) in [7, 11) is 2.29. The molecule has 1 saturated heterocycles. The van der Waals surface area contributed by atoms with Gasteiger partial charge in [-0.2, -0.15) is 11.8 Å². The Kier molecular flexibility index (Phi) is 7.08. The average Bonchev–Trinajstić information content (AvgIpc) is 3.03. The van der Waals surface area contributed by atoms with Gasteiger partial charge in [-0.25, -0.2) is 0 Å². The Morgan fingerprint density at radius 2 is 2.10 bits per heavy atom.